The number of carbonyl (C=O) groups excluding carboxylic acids is 1. The summed E-state index contributed by atoms with van der Waals surface area (Å²) in [5.41, 5.74) is 1.79. The molecule has 0 bridgehead atoms. The Hall–Kier alpha value is -6.21. The van der Waals surface area contributed by atoms with E-state index in [1.807, 2.05) is 12.1 Å². The second kappa shape index (κ2) is 20.0. The Morgan fingerprint density at radius 1 is 0.854 bits per heavy atom. The zero-order valence-electron chi connectivity index (χ0n) is 26.1. The summed E-state index contributed by atoms with van der Waals surface area (Å²) in [5.74, 6) is 0.663. The van der Waals surface area contributed by atoms with E-state index in [2.05, 4.69) is 15.3 Å². The smallest absolute Gasteiger partial charge is 0.314 e. The van der Waals surface area contributed by atoms with E-state index >= 15 is 0 Å². The summed E-state index contributed by atoms with van der Waals surface area (Å²) in [6.07, 6.45) is 2.04. The van der Waals surface area contributed by atoms with Gasteiger partial charge in [-0.2, -0.15) is 25.8 Å². The lowest BCUT2D eigenvalue weighted by atomic mass is 10.2. The molecule has 0 N–H and O–H groups in total. The molecule has 0 unspecified atom stereocenters. The summed E-state index contributed by atoms with van der Waals surface area (Å²) >= 11 is 5.63. The molecule has 1 aromatic carbocycles. The van der Waals surface area contributed by atoms with Gasteiger partial charge in [-0.3, -0.25) is 44.4 Å². The predicted molar refractivity (Wildman–Crippen MR) is 174 cm³/mol. The summed E-state index contributed by atoms with van der Waals surface area (Å²) in [6.45, 7) is 4.78. The highest BCUT2D eigenvalue weighted by molar-refractivity contribution is 6.30. The number of rotatable bonds is 8. The van der Waals surface area contributed by atoms with Crippen molar-refractivity contribution in [3.8, 4) is 17.9 Å². The fourth-order valence-electron chi connectivity index (χ4n) is 3.86. The minimum atomic E-state index is -0.513. The van der Waals surface area contributed by atoms with E-state index in [1.165, 1.54) is 20.2 Å². The first-order valence-corrected chi connectivity index (χ1v) is 13.5. The third kappa shape index (κ3) is 12.3. The van der Waals surface area contributed by atoms with Crippen LogP contribution in [0.4, 0.5) is 17.1 Å². The Balaban J connectivity index is 0. The van der Waals surface area contributed by atoms with Gasteiger partial charge in [0.2, 0.25) is 0 Å². The molecule has 3 aromatic heterocycles. The largest absolute Gasteiger partial charge is 0.479 e. The summed E-state index contributed by atoms with van der Waals surface area (Å²) in [5, 5.41) is 60.2. The lowest BCUT2D eigenvalue weighted by Crippen LogP contribution is -2.01. The van der Waals surface area contributed by atoms with Gasteiger partial charge in [0.25, 0.3) is 0 Å². The first-order valence-electron chi connectivity index (χ1n) is 13.1. The molecule has 0 amide bonds. The van der Waals surface area contributed by atoms with E-state index in [-0.39, 0.29) is 45.4 Å². The third-order valence-electron chi connectivity index (χ3n) is 5.80. The highest BCUT2D eigenvalue weighted by atomic mass is 35.5. The van der Waals surface area contributed by atoms with Crippen LogP contribution >= 0.6 is 11.6 Å². The standard InChI is InChI=1S/C8H6ClNO.C7H8N4O2.C7H9N3O3.C5H7N3O2.CH4.H2/c9-7-1-3-8(4-2-7)11-6-5-10;1-5-7(11(12)13)6(3-4-8)10(2)9-5;1-5-7(10(12)13)6(3-4-11)9(2)8-5;1-4-5(8(9)10)3-7(2)6-4;;/h1-4H,6H2;3H2,1-2H3;4H,3H2,1-2H3;3H,1-2H3;1H4;1H/i;;;;;1+1. The van der Waals surface area contributed by atoms with Crippen molar-refractivity contribution in [1.29, 1.82) is 10.5 Å². The normalized spacial score (nSPS) is 9.35. The Bertz CT molecular complexity index is 1810. The van der Waals surface area contributed by atoms with Crippen LogP contribution in [0.25, 0.3) is 0 Å². The molecule has 4 rings (SSSR count). The second-order valence-corrected chi connectivity index (χ2v) is 9.60. The van der Waals surface area contributed by atoms with Crippen LogP contribution < -0.4 is 4.74 Å². The molecule has 0 spiro atoms. The molecule has 0 aliphatic carbocycles. The van der Waals surface area contributed by atoms with Crippen LogP contribution in [0.1, 0.15) is 37.3 Å². The number of ether oxygens (including phenoxy) is 1. The molecule has 0 aliphatic heterocycles. The van der Waals surface area contributed by atoms with Gasteiger partial charge in [-0.05, 0) is 45.0 Å². The van der Waals surface area contributed by atoms with Crippen LogP contribution in [0.5, 0.6) is 5.75 Å². The number of aromatic nitrogens is 6. The van der Waals surface area contributed by atoms with E-state index in [0.717, 1.165) is 0 Å². The zero-order chi connectivity index (χ0) is 35.8. The Morgan fingerprint density at radius 3 is 1.73 bits per heavy atom. The molecule has 0 aliphatic rings. The van der Waals surface area contributed by atoms with Gasteiger partial charge in [0.05, 0.1) is 33.7 Å². The van der Waals surface area contributed by atoms with Crippen molar-refractivity contribution in [3.05, 3.63) is 94.3 Å². The number of hydrogen-bond donors (Lipinski definition) is 0. The lowest BCUT2D eigenvalue weighted by Gasteiger charge is -1.99. The van der Waals surface area contributed by atoms with E-state index in [1.54, 1.807) is 66.2 Å². The number of nitriles is 2. The monoisotopic (exact) mass is 690 g/mol. The Kier molecular flexibility index (Phi) is 17.4. The number of nitro groups is 3. The molecule has 0 atom stereocenters. The fourth-order valence-corrected chi connectivity index (χ4v) is 3.98. The van der Waals surface area contributed by atoms with Gasteiger partial charge in [-0.15, -0.1) is 0 Å². The summed E-state index contributed by atoms with van der Waals surface area (Å²) in [4.78, 5) is 40.1. The van der Waals surface area contributed by atoms with Crippen LogP contribution in [0.3, 0.4) is 0 Å². The first-order chi connectivity index (χ1) is 22.1. The van der Waals surface area contributed by atoms with Crippen molar-refractivity contribution in [2.75, 3.05) is 6.61 Å². The number of aldehydes is 1. The van der Waals surface area contributed by atoms with Crippen molar-refractivity contribution in [1.82, 2.24) is 29.3 Å². The summed E-state index contributed by atoms with van der Waals surface area (Å²) < 4.78 is 9.15. The van der Waals surface area contributed by atoms with Crippen molar-refractivity contribution in [2.45, 2.75) is 41.0 Å². The second-order valence-electron chi connectivity index (χ2n) is 9.16. The molecule has 3 heterocycles. The van der Waals surface area contributed by atoms with Gasteiger partial charge in [0.15, 0.2) is 6.61 Å². The molecule has 0 saturated carbocycles. The van der Waals surface area contributed by atoms with Crippen LogP contribution in [0, 0.1) is 73.8 Å². The van der Waals surface area contributed by atoms with Gasteiger partial charge < -0.3 is 9.53 Å². The average Bonchev–Trinajstić information content (AvgIpc) is 3.59. The van der Waals surface area contributed by atoms with Gasteiger partial charge in [-0.1, -0.05) is 19.0 Å². The molecule has 19 nitrogen and oxygen atoms in total. The van der Waals surface area contributed by atoms with E-state index in [9.17, 15) is 35.1 Å². The van der Waals surface area contributed by atoms with Crippen LogP contribution in [-0.2, 0) is 38.8 Å². The maximum Gasteiger partial charge on any atom is 0.314 e. The molecular weight excluding hydrogens is 654 g/mol. The van der Waals surface area contributed by atoms with Gasteiger partial charge in [0, 0.05) is 27.6 Å². The number of aryl methyl sites for hydroxylation is 6. The van der Waals surface area contributed by atoms with Crippen molar-refractivity contribution in [3.63, 3.8) is 0 Å². The number of hydrogen-bond acceptors (Lipinski definition) is 13. The Labute approximate surface area is 281 Å². The Morgan fingerprint density at radius 2 is 1.35 bits per heavy atom. The van der Waals surface area contributed by atoms with E-state index in [0.29, 0.717) is 45.5 Å². The summed E-state index contributed by atoms with van der Waals surface area (Å²) in [6, 6.07) is 10.6. The molecule has 48 heavy (non-hydrogen) atoms. The predicted octanol–water partition coefficient (Wildman–Crippen LogP) is 4.84. The topological polar surface area (TPSA) is 257 Å². The lowest BCUT2D eigenvalue weighted by molar-refractivity contribution is -0.386. The fraction of sp³-hybridized carbons (Fsp3) is 0.357. The molecule has 20 heteroatoms. The minimum Gasteiger partial charge on any atom is -0.479 e. The highest BCUT2D eigenvalue weighted by Gasteiger charge is 2.23. The minimum absolute atomic E-state index is 0. The van der Waals surface area contributed by atoms with Gasteiger partial charge in [-0.25, -0.2) is 0 Å². The van der Waals surface area contributed by atoms with Crippen molar-refractivity contribution < 1.29 is 25.7 Å². The van der Waals surface area contributed by atoms with E-state index in [4.69, 9.17) is 26.9 Å². The molecular formula is C28H36ClN11O8. The molecule has 0 radical (unpaired) electrons. The van der Waals surface area contributed by atoms with Gasteiger partial charge >= 0.3 is 17.1 Å². The van der Waals surface area contributed by atoms with E-state index < -0.39 is 14.8 Å². The quantitative estimate of drug-likeness (QED) is 0.136. The third-order valence-corrected chi connectivity index (χ3v) is 6.05. The van der Waals surface area contributed by atoms with Crippen LogP contribution in [0.15, 0.2) is 30.5 Å². The number of nitrogens with zero attached hydrogens (tertiary/aromatic N) is 11. The maximum atomic E-state index is 10.6. The van der Waals surface area contributed by atoms with Crippen LogP contribution in [0.2, 0.25) is 5.02 Å². The highest BCUT2D eigenvalue weighted by Crippen LogP contribution is 2.23. The zero-order valence-corrected chi connectivity index (χ0v) is 26.9. The number of carbonyl (C=O) groups is 1. The average molecular weight is 691 g/mol. The molecule has 258 valence electrons. The SMILES string of the molecule is C.Cc1nn(C)c(CC#N)c1[N+](=O)[O-].Cc1nn(C)c(CC=O)c1[N+](=O)[O-].Cc1nn(C)cc1[N+](=O)[O-].N#CCOc1ccc(Cl)cc1.[2HH]. The number of halogens is 1. The summed E-state index contributed by atoms with van der Waals surface area (Å²) in [7, 11) is 4.82. The molecule has 4 aromatic rings. The van der Waals surface area contributed by atoms with Crippen molar-refractivity contribution >= 4 is 34.9 Å². The number of benzene rings is 1. The first kappa shape index (κ1) is 41.8. The maximum absolute atomic E-state index is 10.6. The molecule has 0 saturated heterocycles. The van der Waals surface area contributed by atoms with Crippen molar-refractivity contribution in [2.24, 2.45) is 21.1 Å². The van der Waals surface area contributed by atoms with Crippen LogP contribution in [-0.4, -0.2) is 57.0 Å². The molecule has 0 fully saturated rings. The van der Waals surface area contributed by atoms with Gasteiger partial charge in [0.1, 0.15) is 52.8 Å².